The minimum absolute atomic E-state index is 0.405. The summed E-state index contributed by atoms with van der Waals surface area (Å²) in [5.41, 5.74) is 9.94. The summed E-state index contributed by atoms with van der Waals surface area (Å²) in [6.07, 6.45) is 2.00. The standard InChI is InChI=1S/C14H18N4O/c1-9-6-11(14(15)19)4-5-13(9)16-7-12-8-18(3)17-10(12)2/h4-6,8,16H,7H2,1-3H3,(H2,15,19). The first-order valence-corrected chi connectivity index (χ1v) is 6.11. The first-order valence-electron chi connectivity index (χ1n) is 6.11. The molecule has 5 heteroatoms. The number of hydrogen-bond donors (Lipinski definition) is 2. The molecule has 0 aliphatic heterocycles. The highest BCUT2D eigenvalue weighted by molar-refractivity contribution is 5.93. The van der Waals surface area contributed by atoms with Crippen molar-refractivity contribution in [2.45, 2.75) is 20.4 Å². The van der Waals surface area contributed by atoms with Gasteiger partial charge in [0.15, 0.2) is 0 Å². The van der Waals surface area contributed by atoms with Crippen LogP contribution in [0.15, 0.2) is 24.4 Å². The molecule has 0 aliphatic carbocycles. The number of benzene rings is 1. The van der Waals surface area contributed by atoms with Crippen LogP contribution in [0.2, 0.25) is 0 Å². The minimum Gasteiger partial charge on any atom is -0.381 e. The van der Waals surface area contributed by atoms with E-state index in [1.54, 1.807) is 16.8 Å². The molecule has 1 aromatic heterocycles. The van der Waals surface area contributed by atoms with Gasteiger partial charge in [0.2, 0.25) is 5.91 Å². The number of hydrogen-bond acceptors (Lipinski definition) is 3. The maximum atomic E-state index is 11.1. The lowest BCUT2D eigenvalue weighted by atomic mass is 10.1. The Labute approximate surface area is 112 Å². The van der Waals surface area contributed by atoms with Gasteiger partial charge in [0.1, 0.15) is 0 Å². The Morgan fingerprint density at radius 3 is 2.68 bits per heavy atom. The topological polar surface area (TPSA) is 72.9 Å². The summed E-state index contributed by atoms with van der Waals surface area (Å²) in [6, 6.07) is 5.40. The highest BCUT2D eigenvalue weighted by atomic mass is 16.1. The smallest absolute Gasteiger partial charge is 0.248 e. The number of anilines is 1. The van der Waals surface area contributed by atoms with Crippen molar-refractivity contribution in [2.24, 2.45) is 12.8 Å². The lowest BCUT2D eigenvalue weighted by Crippen LogP contribution is -2.11. The number of nitrogens with zero attached hydrogens (tertiary/aromatic N) is 2. The molecular formula is C14H18N4O. The van der Waals surface area contributed by atoms with Crippen LogP contribution < -0.4 is 11.1 Å². The van der Waals surface area contributed by atoms with Crippen LogP contribution in [-0.2, 0) is 13.6 Å². The van der Waals surface area contributed by atoms with E-state index in [0.29, 0.717) is 12.1 Å². The molecule has 0 aliphatic rings. The molecule has 0 unspecified atom stereocenters. The van der Waals surface area contributed by atoms with Gasteiger partial charge < -0.3 is 11.1 Å². The summed E-state index contributed by atoms with van der Waals surface area (Å²) in [6.45, 7) is 4.64. The van der Waals surface area contributed by atoms with Gasteiger partial charge in [-0.2, -0.15) is 5.10 Å². The highest BCUT2D eigenvalue weighted by Crippen LogP contribution is 2.18. The predicted octanol–water partition coefficient (Wildman–Crippen LogP) is 1.75. The fraction of sp³-hybridized carbons (Fsp3) is 0.286. The second-order valence-corrected chi connectivity index (χ2v) is 4.66. The Kier molecular flexibility index (Phi) is 3.55. The molecule has 100 valence electrons. The van der Waals surface area contributed by atoms with Crippen LogP contribution in [0.5, 0.6) is 0 Å². The quantitative estimate of drug-likeness (QED) is 0.877. The van der Waals surface area contributed by atoms with Crippen molar-refractivity contribution in [2.75, 3.05) is 5.32 Å². The van der Waals surface area contributed by atoms with Crippen molar-refractivity contribution in [3.8, 4) is 0 Å². The van der Waals surface area contributed by atoms with E-state index in [1.165, 1.54) is 0 Å². The number of primary amides is 1. The Morgan fingerprint density at radius 2 is 2.16 bits per heavy atom. The molecule has 1 aromatic carbocycles. The van der Waals surface area contributed by atoms with Crippen molar-refractivity contribution < 1.29 is 4.79 Å². The summed E-state index contributed by atoms with van der Waals surface area (Å²) >= 11 is 0. The van der Waals surface area contributed by atoms with Crippen molar-refractivity contribution in [1.29, 1.82) is 0 Å². The summed E-state index contributed by atoms with van der Waals surface area (Å²) < 4.78 is 1.80. The van der Waals surface area contributed by atoms with Crippen LogP contribution in [0, 0.1) is 13.8 Å². The van der Waals surface area contributed by atoms with E-state index >= 15 is 0 Å². The van der Waals surface area contributed by atoms with Gasteiger partial charge in [-0.25, -0.2) is 0 Å². The first-order chi connectivity index (χ1) is 8.97. The molecule has 0 atom stereocenters. The number of carbonyl (C=O) groups is 1. The van der Waals surface area contributed by atoms with Crippen molar-refractivity contribution >= 4 is 11.6 Å². The zero-order valence-electron chi connectivity index (χ0n) is 11.4. The largest absolute Gasteiger partial charge is 0.381 e. The number of aromatic nitrogens is 2. The summed E-state index contributed by atoms with van der Waals surface area (Å²) in [7, 11) is 1.91. The van der Waals surface area contributed by atoms with Gasteiger partial charge >= 0.3 is 0 Å². The van der Waals surface area contributed by atoms with Crippen molar-refractivity contribution in [1.82, 2.24) is 9.78 Å². The fourth-order valence-electron chi connectivity index (χ4n) is 2.03. The van der Waals surface area contributed by atoms with Crippen molar-refractivity contribution in [3.05, 3.63) is 46.8 Å². The van der Waals surface area contributed by atoms with E-state index < -0.39 is 5.91 Å². The molecule has 0 bridgehead atoms. The Bertz CT molecular complexity index is 616. The SMILES string of the molecule is Cc1cc(C(N)=O)ccc1NCc1cn(C)nc1C. The zero-order valence-corrected chi connectivity index (χ0v) is 11.4. The maximum absolute atomic E-state index is 11.1. The molecule has 2 aromatic rings. The second kappa shape index (κ2) is 5.14. The lowest BCUT2D eigenvalue weighted by Gasteiger charge is -2.10. The Hall–Kier alpha value is -2.30. The molecule has 19 heavy (non-hydrogen) atoms. The molecule has 0 spiro atoms. The molecule has 1 amide bonds. The minimum atomic E-state index is -0.405. The fourth-order valence-corrected chi connectivity index (χ4v) is 2.03. The summed E-state index contributed by atoms with van der Waals surface area (Å²) in [5.74, 6) is -0.405. The number of aryl methyl sites for hydroxylation is 3. The van der Waals surface area contributed by atoms with Gasteiger partial charge in [-0.3, -0.25) is 9.48 Å². The molecule has 5 nitrogen and oxygen atoms in total. The highest BCUT2D eigenvalue weighted by Gasteiger charge is 2.06. The average Bonchev–Trinajstić information content (AvgIpc) is 2.66. The number of nitrogens with two attached hydrogens (primary N) is 1. The van der Waals surface area contributed by atoms with Gasteiger partial charge in [0.05, 0.1) is 5.69 Å². The summed E-state index contributed by atoms with van der Waals surface area (Å²) in [4.78, 5) is 11.1. The number of rotatable bonds is 4. The van der Waals surface area contributed by atoms with E-state index in [1.807, 2.05) is 33.2 Å². The van der Waals surface area contributed by atoms with Crippen LogP contribution in [-0.4, -0.2) is 15.7 Å². The average molecular weight is 258 g/mol. The van der Waals surface area contributed by atoms with E-state index in [0.717, 1.165) is 22.5 Å². The van der Waals surface area contributed by atoms with E-state index in [-0.39, 0.29) is 0 Å². The molecule has 0 fully saturated rings. The molecule has 2 rings (SSSR count). The molecule has 0 radical (unpaired) electrons. The van der Waals surface area contributed by atoms with Gasteiger partial charge in [-0.05, 0) is 37.6 Å². The van der Waals surface area contributed by atoms with Crippen LogP contribution >= 0.6 is 0 Å². The van der Waals surface area contributed by atoms with Crippen LogP contribution in [0.3, 0.4) is 0 Å². The van der Waals surface area contributed by atoms with Crippen molar-refractivity contribution in [3.63, 3.8) is 0 Å². The third-order valence-electron chi connectivity index (χ3n) is 3.10. The van der Waals surface area contributed by atoms with Gasteiger partial charge in [-0.1, -0.05) is 0 Å². The van der Waals surface area contributed by atoms with E-state index in [2.05, 4.69) is 10.4 Å². The first kappa shape index (κ1) is 13.1. The third-order valence-corrected chi connectivity index (χ3v) is 3.10. The normalized spacial score (nSPS) is 10.5. The molecule has 1 heterocycles. The number of amides is 1. The lowest BCUT2D eigenvalue weighted by molar-refractivity contribution is 0.1000. The van der Waals surface area contributed by atoms with Gasteiger partial charge in [0, 0.05) is 36.6 Å². The summed E-state index contributed by atoms with van der Waals surface area (Å²) in [5, 5.41) is 7.64. The zero-order chi connectivity index (χ0) is 14.0. The predicted molar refractivity (Wildman–Crippen MR) is 75.0 cm³/mol. The monoisotopic (exact) mass is 258 g/mol. The molecule has 0 saturated carbocycles. The Morgan fingerprint density at radius 1 is 1.42 bits per heavy atom. The maximum Gasteiger partial charge on any atom is 0.248 e. The molecule has 0 saturated heterocycles. The van der Waals surface area contributed by atoms with E-state index in [9.17, 15) is 4.79 Å². The second-order valence-electron chi connectivity index (χ2n) is 4.66. The van der Waals surface area contributed by atoms with Crippen LogP contribution in [0.1, 0.15) is 27.2 Å². The molecular weight excluding hydrogens is 240 g/mol. The third kappa shape index (κ3) is 2.93. The Balaban J connectivity index is 2.12. The molecule has 3 N–H and O–H groups in total. The van der Waals surface area contributed by atoms with Crippen LogP contribution in [0.25, 0.3) is 0 Å². The van der Waals surface area contributed by atoms with Gasteiger partial charge in [-0.15, -0.1) is 0 Å². The van der Waals surface area contributed by atoms with E-state index in [4.69, 9.17) is 5.73 Å². The van der Waals surface area contributed by atoms with Crippen LogP contribution in [0.4, 0.5) is 5.69 Å². The number of carbonyl (C=O) groups excluding carboxylic acids is 1. The number of nitrogens with one attached hydrogen (secondary N) is 1. The van der Waals surface area contributed by atoms with Gasteiger partial charge in [0.25, 0.3) is 0 Å².